The minimum Gasteiger partial charge on any atom is -0.339 e. The van der Waals surface area contributed by atoms with Crippen LogP contribution >= 0.6 is 0 Å². The second kappa shape index (κ2) is 9.62. The van der Waals surface area contributed by atoms with Gasteiger partial charge in [-0.1, -0.05) is 60.7 Å². The van der Waals surface area contributed by atoms with Gasteiger partial charge in [-0.25, -0.2) is 8.42 Å². The van der Waals surface area contributed by atoms with Crippen LogP contribution in [0.15, 0.2) is 77.7 Å². The standard InChI is InChI=1S/C27H26N4O3S/c28-17-21-7-3-6-12-26(21)35(33,34)31-15-13-30(14-16-31)27(32)20-29-18-22-8-1-4-10-24(22)25-11-5-2-9-23(25)19-29/h1-12H,13-16,18-20H2. The van der Waals surface area contributed by atoms with E-state index in [0.29, 0.717) is 26.2 Å². The second-order valence-corrected chi connectivity index (χ2v) is 10.8. The molecule has 0 spiro atoms. The Labute approximate surface area is 205 Å². The zero-order valence-corrected chi connectivity index (χ0v) is 20.1. The van der Waals surface area contributed by atoms with Crippen molar-refractivity contribution in [3.05, 3.63) is 89.5 Å². The Morgan fingerprint density at radius 2 is 1.34 bits per heavy atom. The van der Waals surface area contributed by atoms with Crippen molar-refractivity contribution >= 4 is 15.9 Å². The number of nitrogens with zero attached hydrogens (tertiary/aromatic N) is 4. The highest BCUT2D eigenvalue weighted by molar-refractivity contribution is 7.89. The van der Waals surface area contributed by atoms with E-state index < -0.39 is 10.0 Å². The minimum absolute atomic E-state index is 0.00339. The Morgan fingerprint density at radius 3 is 1.94 bits per heavy atom. The molecule has 2 aliphatic heterocycles. The third-order valence-corrected chi connectivity index (χ3v) is 8.65. The zero-order chi connectivity index (χ0) is 24.4. The maximum atomic E-state index is 13.2. The topological polar surface area (TPSA) is 84.7 Å². The molecule has 1 saturated heterocycles. The fourth-order valence-corrected chi connectivity index (χ4v) is 6.45. The average Bonchev–Trinajstić information content (AvgIpc) is 3.05. The van der Waals surface area contributed by atoms with Gasteiger partial charge < -0.3 is 4.90 Å². The summed E-state index contributed by atoms with van der Waals surface area (Å²) in [6.45, 7) is 2.69. The summed E-state index contributed by atoms with van der Waals surface area (Å²) in [6, 6.07) is 24.8. The summed E-state index contributed by atoms with van der Waals surface area (Å²) in [4.78, 5) is 17.1. The van der Waals surface area contributed by atoms with Crippen LogP contribution in [0.4, 0.5) is 0 Å². The molecule has 8 heteroatoms. The molecule has 35 heavy (non-hydrogen) atoms. The van der Waals surface area contributed by atoms with Gasteiger partial charge in [-0.15, -0.1) is 0 Å². The molecule has 0 bridgehead atoms. The number of fused-ring (bicyclic) bond motifs is 3. The number of benzene rings is 3. The van der Waals surface area contributed by atoms with E-state index in [-0.39, 0.29) is 36.0 Å². The van der Waals surface area contributed by atoms with E-state index in [0.717, 1.165) is 0 Å². The number of hydrogen-bond acceptors (Lipinski definition) is 5. The van der Waals surface area contributed by atoms with Crippen molar-refractivity contribution in [3.63, 3.8) is 0 Å². The molecule has 0 aromatic heterocycles. The van der Waals surface area contributed by atoms with Crippen molar-refractivity contribution in [1.29, 1.82) is 5.26 Å². The lowest BCUT2D eigenvalue weighted by molar-refractivity contribution is -0.133. The molecule has 1 amide bonds. The molecule has 1 fully saturated rings. The predicted octanol–water partition coefficient (Wildman–Crippen LogP) is 3.07. The van der Waals surface area contributed by atoms with Gasteiger partial charge >= 0.3 is 0 Å². The van der Waals surface area contributed by atoms with Crippen molar-refractivity contribution in [3.8, 4) is 17.2 Å². The quantitative estimate of drug-likeness (QED) is 0.566. The molecule has 0 N–H and O–H groups in total. The van der Waals surface area contributed by atoms with E-state index in [2.05, 4.69) is 29.2 Å². The first-order valence-corrected chi connectivity index (χ1v) is 13.1. The Morgan fingerprint density at radius 1 is 0.800 bits per heavy atom. The first-order valence-electron chi connectivity index (χ1n) is 11.6. The molecule has 0 aliphatic carbocycles. The summed E-state index contributed by atoms with van der Waals surface area (Å²) in [5, 5.41) is 9.30. The van der Waals surface area contributed by atoms with Gasteiger partial charge in [0, 0.05) is 39.3 Å². The van der Waals surface area contributed by atoms with Gasteiger partial charge in [0.15, 0.2) is 0 Å². The molecule has 0 radical (unpaired) electrons. The van der Waals surface area contributed by atoms with Crippen LogP contribution in [-0.2, 0) is 27.9 Å². The molecule has 0 saturated carbocycles. The number of piperazine rings is 1. The van der Waals surface area contributed by atoms with E-state index in [1.165, 1.54) is 38.7 Å². The van der Waals surface area contributed by atoms with E-state index >= 15 is 0 Å². The number of sulfonamides is 1. The normalized spacial score (nSPS) is 16.6. The fourth-order valence-electron chi connectivity index (χ4n) is 4.88. The lowest BCUT2D eigenvalue weighted by atomic mass is 9.97. The largest absolute Gasteiger partial charge is 0.339 e. The smallest absolute Gasteiger partial charge is 0.244 e. The number of amides is 1. The summed E-state index contributed by atoms with van der Waals surface area (Å²) >= 11 is 0. The fraction of sp³-hybridized carbons (Fsp3) is 0.259. The Bertz CT molecular complexity index is 1360. The minimum atomic E-state index is -3.79. The maximum Gasteiger partial charge on any atom is 0.244 e. The number of nitriles is 1. The van der Waals surface area contributed by atoms with Crippen LogP contribution in [0, 0.1) is 11.3 Å². The van der Waals surface area contributed by atoms with Gasteiger partial charge in [0.2, 0.25) is 15.9 Å². The van der Waals surface area contributed by atoms with Crippen LogP contribution in [0.2, 0.25) is 0 Å². The van der Waals surface area contributed by atoms with Gasteiger partial charge in [-0.05, 0) is 34.4 Å². The van der Waals surface area contributed by atoms with Gasteiger partial charge in [0.05, 0.1) is 17.0 Å². The summed E-state index contributed by atoms with van der Waals surface area (Å²) < 4.78 is 27.6. The van der Waals surface area contributed by atoms with Gasteiger partial charge in [0.1, 0.15) is 6.07 Å². The highest BCUT2D eigenvalue weighted by Crippen LogP contribution is 2.32. The molecule has 5 rings (SSSR count). The SMILES string of the molecule is N#Cc1ccccc1S(=O)(=O)N1CCN(C(=O)CN2Cc3ccccc3-c3ccccc3C2)CC1. The van der Waals surface area contributed by atoms with Gasteiger partial charge in [-0.2, -0.15) is 9.57 Å². The summed E-state index contributed by atoms with van der Waals surface area (Å²) in [7, 11) is -3.79. The van der Waals surface area contributed by atoms with Crippen LogP contribution in [0.25, 0.3) is 11.1 Å². The summed E-state index contributed by atoms with van der Waals surface area (Å²) in [5.74, 6) is -0.00339. The number of carbonyl (C=O) groups excluding carboxylic acids is 1. The van der Waals surface area contributed by atoms with Gasteiger partial charge in [-0.3, -0.25) is 9.69 Å². The third kappa shape index (κ3) is 4.58. The molecule has 0 atom stereocenters. The first kappa shape index (κ1) is 23.2. The van der Waals surface area contributed by atoms with E-state index in [4.69, 9.17) is 0 Å². The van der Waals surface area contributed by atoms with E-state index in [1.807, 2.05) is 30.3 Å². The van der Waals surface area contributed by atoms with Crippen molar-refractivity contribution in [2.45, 2.75) is 18.0 Å². The second-order valence-electron chi connectivity index (χ2n) is 8.85. The molecule has 3 aromatic carbocycles. The molecule has 2 aliphatic rings. The summed E-state index contributed by atoms with van der Waals surface area (Å²) in [5.41, 5.74) is 4.92. The molecule has 7 nitrogen and oxygen atoms in total. The maximum absolute atomic E-state index is 13.2. The monoisotopic (exact) mass is 486 g/mol. The number of hydrogen-bond donors (Lipinski definition) is 0. The van der Waals surface area contributed by atoms with Crippen molar-refractivity contribution in [2.75, 3.05) is 32.7 Å². The van der Waals surface area contributed by atoms with Crippen molar-refractivity contribution < 1.29 is 13.2 Å². The molecule has 0 unspecified atom stereocenters. The Kier molecular flexibility index (Phi) is 6.39. The number of rotatable bonds is 4. The van der Waals surface area contributed by atoms with E-state index in [1.54, 1.807) is 17.0 Å². The highest BCUT2D eigenvalue weighted by atomic mass is 32.2. The molecule has 2 heterocycles. The van der Waals surface area contributed by atoms with Crippen molar-refractivity contribution in [1.82, 2.24) is 14.1 Å². The molecular formula is C27H26N4O3S. The van der Waals surface area contributed by atoms with Gasteiger partial charge in [0.25, 0.3) is 0 Å². The third-order valence-electron chi connectivity index (χ3n) is 6.69. The average molecular weight is 487 g/mol. The van der Waals surface area contributed by atoms with Crippen LogP contribution in [0.3, 0.4) is 0 Å². The Balaban J connectivity index is 1.27. The van der Waals surface area contributed by atoms with Crippen LogP contribution in [0.5, 0.6) is 0 Å². The van der Waals surface area contributed by atoms with Crippen LogP contribution in [0.1, 0.15) is 16.7 Å². The molecule has 178 valence electrons. The first-order chi connectivity index (χ1) is 17.0. The Hall–Kier alpha value is -3.51. The van der Waals surface area contributed by atoms with E-state index in [9.17, 15) is 18.5 Å². The lowest BCUT2D eigenvalue weighted by Gasteiger charge is -2.35. The summed E-state index contributed by atoms with van der Waals surface area (Å²) in [6.07, 6.45) is 0. The lowest BCUT2D eigenvalue weighted by Crippen LogP contribution is -2.52. The van der Waals surface area contributed by atoms with Crippen LogP contribution < -0.4 is 0 Å². The predicted molar refractivity (Wildman–Crippen MR) is 132 cm³/mol. The molecular weight excluding hydrogens is 460 g/mol. The molecule has 3 aromatic rings. The van der Waals surface area contributed by atoms with Crippen molar-refractivity contribution in [2.24, 2.45) is 0 Å². The number of carbonyl (C=O) groups is 1. The zero-order valence-electron chi connectivity index (χ0n) is 19.3. The van der Waals surface area contributed by atoms with Crippen LogP contribution in [-0.4, -0.2) is 61.2 Å². The highest BCUT2D eigenvalue weighted by Gasteiger charge is 2.32.